The molecular weight excluding hydrogens is 470 g/mol. The Morgan fingerprint density at radius 3 is 2.50 bits per heavy atom. The summed E-state index contributed by atoms with van der Waals surface area (Å²) < 4.78 is 28.0. The summed E-state index contributed by atoms with van der Waals surface area (Å²) in [6.07, 6.45) is 3.73. The number of carbonyl (C=O) groups is 2. The van der Waals surface area contributed by atoms with Crippen LogP contribution in [0.3, 0.4) is 0 Å². The number of thioether (sulfide) groups is 1. The molecule has 10 heteroatoms. The van der Waals surface area contributed by atoms with Crippen molar-refractivity contribution in [2.75, 3.05) is 35.6 Å². The minimum atomic E-state index is -3.67. The molecule has 2 amide bonds. The molecule has 2 heterocycles. The number of hydrogen-bond acceptors (Lipinski definition) is 5. The third-order valence-electron chi connectivity index (χ3n) is 5.53. The fraction of sp³-hybridized carbons (Fsp3) is 0.364. The van der Waals surface area contributed by atoms with Crippen molar-refractivity contribution < 1.29 is 18.0 Å². The van der Waals surface area contributed by atoms with Crippen LogP contribution in [0.25, 0.3) is 0 Å². The van der Waals surface area contributed by atoms with Crippen molar-refractivity contribution in [1.29, 1.82) is 0 Å². The van der Waals surface area contributed by atoms with E-state index in [1.807, 2.05) is 0 Å². The molecule has 170 valence electrons. The van der Waals surface area contributed by atoms with E-state index >= 15 is 0 Å². The summed E-state index contributed by atoms with van der Waals surface area (Å²) in [5.74, 6) is -0.476. The van der Waals surface area contributed by atoms with Gasteiger partial charge in [-0.25, -0.2) is 8.42 Å². The molecule has 0 aliphatic carbocycles. The summed E-state index contributed by atoms with van der Waals surface area (Å²) in [5.41, 5.74) is 0.896. The standard InChI is InChI=1S/C22H24ClN3O4S2/c23-17-7-3-4-8-18(17)24-21(27)14-26-19-13-16(9-10-20(19)31-15-22(26)28)32(29,30)25-11-5-1-2-6-12-25/h3-4,7-10,13H,1-2,5-6,11-12,14-15H2,(H,24,27). The first kappa shape index (κ1) is 23.1. The van der Waals surface area contributed by atoms with Crippen LogP contribution < -0.4 is 10.2 Å². The van der Waals surface area contributed by atoms with E-state index in [1.165, 1.54) is 27.0 Å². The monoisotopic (exact) mass is 493 g/mol. The van der Waals surface area contributed by atoms with Gasteiger partial charge in [0.25, 0.3) is 0 Å². The molecule has 0 radical (unpaired) electrons. The number of anilines is 2. The highest BCUT2D eigenvalue weighted by Crippen LogP contribution is 2.37. The Bertz CT molecular complexity index is 1130. The first-order valence-corrected chi connectivity index (χ1v) is 13.3. The topological polar surface area (TPSA) is 86.8 Å². The molecule has 1 saturated heterocycles. The molecule has 1 N–H and O–H groups in total. The van der Waals surface area contributed by atoms with Gasteiger partial charge >= 0.3 is 0 Å². The maximum absolute atomic E-state index is 13.2. The Labute approximate surface area is 197 Å². The van der Waals surface area contributed by atoms with Gasteiger partial charge in [-0.1, -0.05) is 36.6 Å². The lowest BCUT2D eigenvalue weighted by Crippen LogP contribution is -2.41. The number of nitrogens with zero attached hydrogens (tertiary/aromatic N) is 2. The Kier molecular flexibility index (Phi) is 7.09. The number of para-hydroxylation sites is 1. The van der Waals surface area contributed by atoms with Crippen LogP contribution in [0.4, 0.5) is 11.4 Å². The highest BCUT2D eigenvalue weighted by atomic mass is 35.5. The van der Waals surface area contributed by atoms with Gasteiger partial charge in [-0.15, -0.1) is 11.8 Å². The quantitative estimate of drug-likeness (QED) is 0.680. The second-order valence-corrected chi connectivity index (χ2v) is 11.1. The molecule has 0 bridgehead atoms. The molecule has 2 aromatic carbocycles. The molecule has 0 saturated carbocycles. The van der Waals surface area contributed by atoms with Crippen LogP contribution in [0.15, 0.2) is 52.3 Å². The van der Waals surface area contributed by atoms with E-state index in [2.05, 4.69) is 5.32 Å². The first-order chi connectivity index (χ1) is 15.4. The van der Waals surface area contributed by atoms with E-state index in [0.29, 0.717) is 29.5 Å². The summed E-state index contributed by atoms with van der Waals surface area (Å²) in [6.45, 7) is 0.763. The van der Waals surface area contributed by atoms with Crippen molar-refractivity contribution in [2.45, 2.75) is 35.5 Å². The number of nitrogens with one attached hydrogen (secondary N) is 1. The number of sulfonamides is 1. The summed E-state index contributed by atoms with van der Waals surface area (Å²) in [7, 11) is -3.67. The van der Waals surface area contributed by atoms with Crippen molar-refractivity contribution in [3.63, 3.8) is 0 Å². The van der Waals surface area contributed by atoms with Crippen molar-refractivity contribution >= 4 is 56.6 Å². The molecule has 0 atom stereocenters. The summed E-state index contributed by atoms with van der Waals surface area (Å²) in [6, 6.07) is 11.7. The smallest absolute Gasteiger partial charge is 0.244 e. The number of amides is 2. The van der Waals surface area contributed by atoms with Crippen LogP contribution in [-0.4, -0.2) is 49.9 Å². The Balaban J connectivity index is 1.59. The molecule has 7 nitrogen and oxygen atoms in total. The van der Waals surface area contributed by atoms with Gasteiger partial charge in [0.1, 0.15) is 6.54 Å². The van der Waals surface area contributed by atoms with Gasteiger partial charge in [0, 0.05) is 18.0 Å². The van der Waals surface area contributed by atoms with Gasteiger partial charge in [-0.2, -0.15) is 4.31 Å². The number of halogens is 1. The number of rotatable bonds is 5. The van der Waals surface area contributed by atoms with Crippen LogP contribution in [0.5, 0.6) is 0 Å². The van der Waals surface area contributed by atoms with Gasteiger partial charge in [0.2, 0.25) is 21.8 Å². The van der Waals surface area contributed by atoms with E-state index in [-0.39, 0.29) is 23.1 Å². The van der Waals surface area contributed by atoms with E-state index in [9.17, 15) is 18.0 Å². The predicted octanol–water partition coefficient (Wildman–Crippen LogP) is 3.98. The van der Waals surface area contributed by atoms with E-state index in [1.54, 1.807) is 36.4 Å². The van der Waals surface area contributed by atoms with Crippen molar-refractivity contribution in [3.8, 4) is 0 Å². The van der Waals surface area contributed by atoms with Crippen LogP contribution in [0.1, 0.15) is 25.7 Å². The Morgan fingerprint density at radius 2 is 1.78 bits per heavy atom. The predicted molar refractivity (Wildman–Crippen MR) is 127 cm³/mol. The third kappa shape index (κ3) is 4.96. The average Bonchev–Trinajstić information content (AvgIpc) is 3.07. The van der Waals surface area contributed by atoms with Crippen LogP contribution in [-0.2, 0) is 19.6 Å². The molecule has 0 aromatic heterocycles. The third-order valence-corrected chi connectivity index (χ3v) is 8.80. The molecule has 2 aliphatic rings. The molecule has 1 fully saturated rings. The average molecular weight is 494 g/mol. The van der Waals surface area contributed by atoms with Crippen molar-refractivity contribution in [3.05, 3.63) is 47.5 Å². The van der Waals surface area contributed by atoms with E-state index in [0.717, 1.165) is 30.6 Å². The van der Waals surface area contributed by atoms with Gasteiger partial charge in [0.15, 0.2) is 0 Å². The minimum Gasteiger partial charge on any atom is -0.323 e. The summed E-state index contributed by atoms with van der Waals surface area (Å²) in [5, 5.41) is 3.11. The molecule has 0 unspecified atom stereocenters. The Morgan fingerprint density at radius 1 is 1.06 bits per heavy atom. The van der Waals surface area contributed by atoms with Crippen LogP contribution >= 0.6 is 23.4 Å². The fourth-order valence-corrected chi connectivity index (χ4v) is 6.48. The largest absolute Gasteiger partial charge is 0.323 e. The number of fused-ring (bicyclic) bond motifs is 1. The first-order valence-electron chi connectivity index (χ1n) is 10.5. The van der Waals surface area contributed by atoms with Crippen molar-refractivity contribution in [1.82, 2.24) is 4.31 Å². The zero-order valence-corrected chi connectivity index (χ0v) is 19.8. The highest BCUT2D eigenvalue weighted by molar-refractivity contribution is 8.00. The molecule has 2 aliphatic heterocycles. The van der Waals surface area contributed by atoms with Crippen LogP contribution in [0.2, 0.25) is 5.02 Å². The molecule has 4 rings (SSSR count). The molecular formula is C22H24ClN3O4S2. The fourth-order valence-electron chi connectivity index (χ4n) is 3.84. The van der Waals surface area contributed by atoms with Crippen molar-refractivity contribution in [2.24, 2.45) is 0 Å². The molecule has 0 spiro atoms. The second-order valence-electron chi connectivity index (χ2n) is 7.74. The van der Waals surface area contributed by atoms with Gasteiger partial charge in [-0.05, 0) is 43.2 Å². The maximum atomic E-state index is 13.2. The summed E-state index contributed by atoms with van der Waals surface area (Å²) in [4.78, 5) is 27.6. The Hall–Kier alpha value is -2.07. The number of hydrogen-bond donors (Lipinski definition) is 1. The highest BCUT2D eigenvalue weighted by Gasteiger charge is 2.31. The SMILES string of the molecule is O=C(CN1C(=O)CSc2ccc(S(=O)(=O)N3CCCCCC3)cc21)Nc1ccccc1Cl. The van der Waals surface area contributed by atoms with Crippen LogP contribution in [0, 0.1) is 0 Å². The lowest BCUT2D eigenvalue weighted by Gasteiger charge is -2.29. The maximum Gasteiger partial charge on any atom is 0.244 e. The van der Waals surface area contributed by atoms with E-state index in [4.69, 9.17) is 11.6 Å². The zero-order valence-electron chi connectivity index (χ0n) is 17.4. The normalized spacial score (nSPS) is 17.5. The molecule has 32 heavy (non-hydrogen) atoms. The lowest BCUT2D eigenvalue weighted by atomic mass is 10.2. The van der Waals surface area contributed by atoms with Gasteiger partial charge in [-0.3, -0.25) is 9.59 Å². The van der Waals surface area contributed by atoms with E-state index < -0.39 is 15.9 Å². The molecule has 2 aromatic rings. The summed E-state index contributed by atoms with van der Waals surface area (Å²) >= 11 is 7.45. The zero-order chi connectivity index (χ0) is 22.7. The second kappa shape index (κ2) is 9.82. The van der Waals surface area contributed by atoms with Gasteiger partial charge < -0.3 is 10.2 Å². The van der Waals surface area contributed by atoms with Gasteiger partial charge in [0.05, 0.1) is 27.0 Å². The number of carbonyl (C=O) groups excluding carboxylic acids is 2. The lowest BCUT2D eigenvalue weighted by molar-refractivity contribution is -0.120. The minimum absolute atomic E-state index is 0.143. The number of benzene rings is 2.